The Morgan fingerprint density at radius 2 is 1.89 bits per heavy atom. The fraction of sp³-hybridized carbons (Fsp3) is 0.647. The van der Waals surface area contributed by atoms with Crippen molar-refractivity contribution in [1.82, 2.24) is 18.7 Å². The summed E-state index contributed by atoms with van der Waals surface area (Å²) in [6, 6.07) is 4.68. The summed E-state index contributed by atoms with van der Waals surface area (Å²) in [5.74, 6) is -0.0953. The van der Waals surface area contributed by atoms with Crippen LogP contribution in [0.15, 0.2) is 29.2 Å². The standard InChI is InChI=1S/C17H26N4O5S/c1-27(25,26)21-10-8-18(9-11-21)14-12-20(13-15(14)22)17(24)5-7-19-6-3-2-4-16(19)23/h2-4,6,14-15,22H,5,7-13H2,1H3/t14-,15-/m1/s1. The van der Waals surface area contributed by atoms with Gasteiger partial charge in [0.25, 0.3) is 5.56 Å². The number of β-amino-alcohol motifs (C(OH)–C–C–N with tert-alkyl or cyclic N) is 1. The van der Waals surface area contributed by atoms with Crippen molar-refractivity contribution in [2.45, 2.75) is 25.1 Å². The predicted molar refractivity (Wildman–Crippen MR) is 99.7 cm³/mol. The van der Waals surface area contributed by atoms with E-state index in [1.807, 2.05) is 0 Å². The predicted octanol–water partition coefficient (Wildman–Crippen LogP) is -1.61. The van der Waals surface area contributed by atoms with E-state index in [4.69, 9.17) is 0 Å². The first-order chi connectivity index (χ1) is 12.8. The molecule has 150 valence electrons. The van der Waals surface area contributed by atoms with Gasteiger partial charge in [0.05, 0.1) is 18.4 Å². The van der Waals surface area contributed by atoms with Gasteiger partial charge in [-0.1, -0.05) is 6.07 Å². The highest BCUT2D eigenvalue weighted by atomic mass is 32.2. The summed E-state index contributed by atoms with van der Waals surface area (Å²) in [6.07, 6.45) is 2.40. The summed E-state index contributed by atoms with van der Waals surface area (Å²) in [6.45, 7) is 2.86. The van der Waals surface area contributed by atoms with Crippen molar-refractivity contribution in [2.75, 3.05) is 45.5 Å². The number of rotatable bonds is 5. The molecule has 2 aliphatic rings. The van der Waals surface area contributed by atoms with Crippen LogP contribution in [0.1, 0.15) is 6.42 Å². The zero-order valence-electron chi connectivity index (χ0n) is 15.4. The van der Waals surface area contributed by atoms with Crippen LogP contribution in [0.2, 0.25) is 0 Å². The van der Waals surface area contributed by atoms with Gasteiger partial charge >= 0.3 is 0 Å². The maximum absolute atomic E-state index is 12.5. The second-order valence-electron chi connectivity index (χ2n) is 7.11. The number of hydrogen-bond acceptors (Lipinski definition) is 6. The molecule has 0 aromatic carbocycles. The van der Waals surface area contributed by atoms with E-state index in [1.54, 1.807) is 23.2 Å². The lowest BCUT2D eigenvalue weighted by Gasteiger charge is -2.37. The molecule has 0 aliphatic carbocycles. The molecule has 0 spiro atoms. The highest BCUT2D eigenvalue weighted by Crippen LogP contribution is 2.19. The number of aliphatic hydroxyl groups excluding tert-OH is 1. The van der Waals surface area contributed by atoms with Gasteiger partial charge in [0.15, 0.2) is 0 Å². The van der Waals surface area contributed by atoms with Gasteiger partial charge in [-0.05, 0) is 6.07 Å². The Morgan fingerprint density at radius 3 is 2.52 bits per heavy atom. The van der Waals surface area contributed by atoms with Gasteiger partial charge in [0.1, 0.15) is 0 Å². The van der Waals surface area contributed by atoms with Crippen LogP contribution in [-0.4, -0.2) is 95.8 Å². The first-order valence-corrected chi connectivity index (χ1v) is 10.9. The minimum atomic E-state index is -3.20. The Balaban J connectivity index is 1.53. The lowest BCUT2D eigenvalue weighted by Crippen LogP contribution is -2.54. The van der Waals surface area contributed by atoms with Gasteiger partial charge in [0, 0.05) is 64.5 Å². The monoisotopic (exact) mass is 398 g/mol. The average Bonchev–Trinajstić information content (AvgIpc) is 3.02. The van der Waals surface area contributed by atoms with Crippen molar-refractivity contribution in [3.8, 4) is 0 Å². The van der Waals surface area contributed by atoms with Gasteiger partial charge in [-0.25, -0.2) is 8.42 Å². The normalized spacial score (nSPS) is 25.0. The number of aryl methyl sites for hydroxylation is 1. The molecule has 1 N–H and O–H groups in total. The topological polar surface area (TPSA) is 103 Å². The minimum Gasteiger partial charge on any atom is -0.390 e. The molecule has 2 saturated heterocycles. The Morgan fingerprint density at radius 1 is 1.19 bits per heavy atom. The van der Waals surface area contributed by atoms with Crippen molar-refractivity contribution in [1.29, 1.82) is 0 Å². The van der Waals surface area contributed by atoms with E-state index in [9.17, 15) is 23.1 Å². The third-order valence-corrected chi connectivity index (χ3v) is 6.59. The van der Waals surface area contributed by atoms with E-state index >= 15 is 0 Å². The molecule has 1 amide bonds. The van der Waals surface area contributed by atoms with Gasteiger partial charge in [-0.3, -0.25) is 14.5 Å². The minimum absolute atomic E-state index is 0.0953. The highest BCUT2D eigenvalue weighted by molar-refractivity contribution is 7.88. The van der Waals surface area contributed by atoms with Gasteiger partial charge in [0.2, 0.25) is 15.9 Å². The maximum atomic E-state index is 12.5. The molecule has 0 radical (unpaired) electrons. The molecule has 10 heteroatoms. The molecule has 27 heavy (non-hydrogen) atoms. The van der Waals surface area contributed by atoms with Gasteiger partial charge < -0.3 is 14.6 Å². The first kappa shape index (κ1) is 20.0. The van der Waals surface area contributed by atoms with E-state index in [2.05, 4.69) is 4.90 Å². The number of carbonyl (C=O) groups excluding carboxylic acids is 1. The number of hydrogen-bond donors (Lipinski definition) is 1. The van der Waals surface area contributed by atoms with Crippen molar-refractivity contribution < 1.29 is 18.3 Å². The van der Waals surface area contributed by atoms with Crippen molar-refractivity contribution in [3.63, 3.8) is 0 Å². The lowest BCUT2D eigenvalue weighted by atomic mass is 10.1. The molecule has 1 aromatic heterocycles. The average molecular weight is 398 g/mol. The van der Waals surface area contributed by atoms with Crippen LogP contribution in [0.3, 0.4) is 0 Å². The Kier molecular flexibility index (Phi) is 5.99. The summed E-state index contributed by atoms with van der Waals surface area (Å²) in [5, 5.41) is 10.4. The molecule has 3 rings (SSSR count). The molecule has 0 saturated carbocycles. The summed E-state index contributed by atoms with van der Waals surface area (Å²) in [5.41, 5.74) is -0.145. The van der Waals surface area contributed by atoms with E-state index < -0.39 is 16.1 Å². The molecule has 3 heterocycles. The van der Waals surface area contributed by atoms with Crippen molar-refractivity contribution in [2.24, 2.45) is 0 Å². The van der Waals surface area contributed by atoms with Gasteiger partial charge in [-0.15, -0.1) is 0 Å². The van der Waals surface area contributed by atoms with Crippen LogP contribution in [0, 0.1) is 0 Å². The third-order valence-electron chi connectivity index (χ3n) is 5.29. The molecule has 2 fully saturated rings. The molecule has 2 atom stereocenters. The van der Waals surface area contributed by atoms with Crippen LogP contribution in [-0.2, 0) is 21.4 Å². The van der Waals surface area contributed by atoms with Crippen molar-refractivity contribution >= 4 is 15.9 Å². The van der Waals surface area contributed by atoms with E-state index in [-0.39, 0.29) is 30.5 Å². The molecule has 0 bridgehead atoms. The maximum Gasteiger partial charge on any atom is 0.250 e. The van der Waals surface area contributed by atoms with E-state index in [1.165, 1.54) is 21.2 Å². The second kappa shape index (κ2) is 8.09. The molecule has 9 nitrogen and oxygen atoms in total. The van der Waals surface area contributed by atoms with Crippen molar-refractivity contribution in [3.05, 3.63) is 34.7 Å². The number of piperazine rings is 1. The number of sulfonamides is 1. The summed E-state index contributed by atoms with van der Waals surface area (Å²) < 4.78 is 26.2. The highest BCUT2D eigenvalue weighted by Gasteiger charge is 2.39. The lowest BCUT2D eigenvalue weighted by molar-refractivity contribution is -0.130. The van der Waals surface area contributed by atoms with E-state index in [0.29, 0.717) is 39.3 Å². The van der Waals surface area contributed by atoms with Crippen LogP contribution in [0.5, 0.6) is 0 Å². The third kappa shape index (κ3) is 4.75. The Labute approximate surface area is 158 Å². The number of pyridine rings is 1. The van der Waals surface area contributed by atoms with E-state index in [0.717, 1.165) is 0 Å². The largest absolute Gasteiger partial charge is 0.390 e. The smallest absolute Gasteiger partial charge is 0.250 e. The number of aromatic nitrogens is 1. The van der Waals surface area contributed by atoms with Crippen LogP contribution >= 0.6 is 0 Å². The molecular weight excluding hydrogens is 372 g/mol. The molecule has 0 unspecified atom stereocenters. The quantitative estimate of drug-likeness (QED) is 0.640. The van der Waals surface area contributed by atoms with Crippen LogP contribution in [0.4, 0.5) is 0 Å². The summed E-state index contributed by atoms with van der Waals surface area (Å²) in [7, 11) is -3.20. The molecule has 2 aliphatic heterocycles. The van der Waals surface area contributed by atoms with Crippen LogP contribution in [0.25, 0.3) is 0 Å². The summed E-state index contributed by atoms with van der Waals surface area (Å²) in [4.78, 5) is 27.9. The number of aliphatic hydroxyl groups is 1. The zero-order chi connectivity index (χ0) is 19.6. The zero-order valence-corrected chi connectivity index (χ0v) is 16.2. The SMILES string of the molecule is CS(=O)(=O)N1CCN([C@@H]2CN(C(=O)CCn3ccccc3=O)C[C@H]2O)CC1. The fourth-order valence-electron chi connectivity index (χ4n) is 3.72. The molecule has 1 aromatic rings. The Bertz CT molecular complexity index is 832. The van der Waals surface area contributed by atoms with Gasteiger partial charge in [-0.2, -0.15) is 4.31 Å². The van der Waals surface area contributed by atoms with Crippen LogP contribution < -0.4 is 5.56 Å². The first-order valence-electron chi connectivity index (χ1n) is 9.06. The summed E-state index contributed by atoms with van der Waals surface area (Å²) >= 11 is 0. The molecular formula is C17H26N4O5S. The Hall–Kier alpha value is -1.75. The number of carbonyl (C=O) groups is 1. The fourth-order valence-corrected chi connectivity index (χ4v) is 4.54. The number of amides is 1. The number of nitrogens with zero attached hydrogens (tertiary/aromatic N) is 4. The second-order valence-corrected chi connectivity index (χ2v) is 9.10. The number of likely N-dealkylation sites (tertiary alicyclic amines) is 1.